The van der Waals surface area contributed by atoms with Crippen molar-refractivity contribution in [3.8, 4) is 0 Å². The van der Waals surface area contributed by atoms with Crippen LogP contribution in [-0.4, -0.2) is 31.6 Å². The number of rotatable bonds is 3. The molecule has 0 spiro atoms. The van der Waals surface area contributed by atoms with E-state index in [-0.39, 0.29) is 17.8 Å². The first-order valence-corrected chi connectivity index (χ1v) is 9.41. The number of aromatic amines is 1. The molecule has 0 bridgehead atoms. The average molecular weight is 381 g/mol. The Bertz CT molecular complexity index is 1200. The SMILES string of the molecule is Cc1ccc2c(c1)CCCN2C(=O)CCc1nc2c([nH]1)c(=O)n(C)c(=O)n2C. The number of nitrogens with zero attached hydrogens (tertiary/aromatic N) is 4. The van der Waals surface area contributed by atoms with E-state index in [4.69, 9.17) is 0 Å². The lowest BCUT2D eigenvalue weighted by molar-refractivity contribution is -0.118. The van der Waals surface area contributed by atoms with Gasteiger partial charge < -0.3 is 9.88 Å². The first-order valence-electron chi connectivity index (χ1n) is 9.41. The topological polar surface area (TPSA) is 93.0 Å². The van der Waals surface area contributed by atoms with Crippen molar-refractivity contribution >= 4 is 22.8 Å². The zero-order valence-electron chi connectivity index (χ0n) is 16.3. The summed E-state index contributed by atoms with van der Waals surface area (Å²) in [6.45, 7) is 2.77. The molecular formula is C20H23N5O3. The van der Waals surface area contributed by atoms with E-state index < -0.39 is 11.2 Å². The summed E-state index contributed by atoms with van der Waals surface area (Å²) in [4.78, 5) is 46.3. The van der Waals surface area contributed by atoms with Crippen LogP contribution in [0.1, 0.15) is 29.8 Å². The van der Waals surface area contributed by atoms with Crippen LogP contribution in [0, 0.1) is 6.92 Å². The fourth-order valence-corrected chi connectivity index (χ4v) is 3.84. The van der Waals surface area contributed by atoms with E-state index in [9.17, 15) is 14.4 Å². The van der Waals surface area contributed by atoms with E-state index >= 15 is 0 Å². The highest BCUT2D eigenvalue weighted by atomic mass is 16.2. The molecule has 1 aliphatic rings. The molecule has 8 heteroatoms. The Balaban J connectivity index is 1.57. The van der Waals surface area contributed by atoms with Crippen LogP contribution in [0.25, 0.3) is 11.2 Å². The molecule has 0 unspecified atom stereocenters. The van der Waals surface area contributed by atoms with Crippen molar-refractivity contribution in [2.75, 3.05) is 11.4 Å². The fourth-order valence-electron chi connectivity index (χ4n) is 3.84. The van der Waals surface area contributed by atoms with Gasteiger partial charge in [0.05, 0.1) is 0 Å². The molecule has 0 atom stereocenters. The molecule has 8 nitrogen and oxygen atoms in total. The summed E-state index contributed by atoms with van der Waals surface area (Å²) in [6, 6.07) is 6.19. The molecule has 1 N–H and O–H groups in total. The number of amides is 1. The number of hydrogen-bond donors (Lipinski definition) is 1. The minimum atomic E-state index is -0.424. The maximum absolute atomic E-state index is 12.8. The molecule has 0 radical (unpaired) electrons. The summed E-state index contributed by atoms with van der Waals surface area (Å²) in [6.07, 6.45) is 2.59. The molecule has 3 aromatic rings. The third-order valence-corrected chi connectivity index (χ3v) is 5.37. The van der Waals surface area contributed by atoms with Gasteiger partial charge in [-0.15, -0.1) is 0 Å². The van der Waals surface area contributed by atoms with E-state index in [0.717, 1.165) is 23.1 Å². The maximum atomic E-state index is 12.8. The molecular weight excluding hydrogens is 358 g/mol. The van der Waals surface area contributed by atoms with Gasteiger partial charge in [-0.2, -0.15) is 0 Å². The van der Waals surface area contributed by atoms with E-state index in [1.165, 1.54) is 22.7 Å². The molecule has 0 fully saturated rings. The minimum absolute atomic E-state index is 0.0343. The lowest BCUT2D eigenvalue weighted by Crippen LogP contribution is -2.36. The first-order chi connectivity index (χ1) is 13.4. The quantitative estimate of drug-likeness (QED) is 0.737. The number of H-pyrrole nitrogens is 1. The van der Waals surface area contributed by atoms with Crippen LogP contribution >= 0.6 is 0 Å². The monoisotopic (exact) mass is 381 g/mol. The Kier molecular flexibility index (Phi) is 4.41. The fraction of sp³-hybridized carbons (Fsp3) is 0.400. The highest BCUT2D eigenvalue weighted by Gasteiger charge is 2.23. The van der Waals surface area contributed by atoms with Crippen LogP contribution < -0.4 is 16.1 Å². The third-order valence-electron chi connectivity index (χ3n) is 5.37. The molecule has 0 saturated carbocycles. The van der Waals surface area contributed by atoms with Crippen molar-refractivity contribution in [1.29, 1.82) is 0 Å². The summed E-state index contributed by atoms with van der Waals surface area (Å²) < 4.78 is 2.38. The lowest BCUT2D eigenvalue weighted by atomic mass is 9.99. The van der Waals surface area contributed by atoms with Crippen molar-refractivity contribution in [3.63, 3.8) is 0 Å². The van der Waals surface area contributed by atoms with Gasteiger partial charge in [-0.05, 0) is 31.4 Å². The summed E-state index contributed by atoms with van der Waals surface area (Å²) in [5.74, 6) is 0.565. The Hall–Kier alpha value is -3.16. The number of fused-ring (bicyclic) bond motifs is 2. The number of benzene rings is 1. The van der Waals surface area contributed by atoms with Crippen molar-refractivity contribution in [2.45, 2.75) is 32.6 Å². The number of aromatic nitrogens is 4. The van der Waals surface area contributed by atoms with Gasteiger partial charge >= 0.3 is 5.69 Å². The smallest absolute Gasteiger partial charge is 0.332 e. The number of carbonyl (C=O) groups excluding carboxylic acids is 1. The highest BCUT2D eigenvalue weighted by Crippen LogP contribution is 2.28. The molecule has 1 amide bonds. The minimum Gasteiger partial charge on any atom is -0.336 e. The highest BCUT2D eigenvalue weighted by molar-refractivity contribution is 5.94. The molecule has 2 aromatic heterocycles. The van der Waals surface area contributed by atoms with Crippen LogP contribution in [0.2, 0.25) is 0 Å². The molecule has 28 heavy (non-hydrogen) atoms. The largest absolute Gasteiger partial charge is 0.336 e. The van der Waals surface area contributed by atoms with Crippen LogP contribution in [0.5, 0.6) is 0 Å². The average Bonchev–Trinajstić information content (AvgIpc) is 3.12. The standard InChI is InChI=1S/C20H23N5O3/c1-12-6-7-14-13(11-12)5-4-10-25(14)16(26)9-8-15-21-17-18(22-15)23(2)20(28)24(3)19(17)27/h6-7,11H,4-5,8-10H2,1-3H3,(H,21,22). The first kappa shape index (κ1) is 18.2. The number of aryl methyl sites for hydroxylation is 4. The van der Waals surface area contributed by atoms with Crippen LogP contribution in [-0.2, 0) is 31.7 Å². The second-order valence-electron chi connectivity index (χ2n) is 7.37. The van der Waals surface area contributed by atoms with E-state index in [2.05, 4.69) is 23.0 Å². The number of anilines is 1. The summed E-state index contributed by atoms with van der Waals surface area (Å²) in [5, 5.41) is 0. The second-order valence-corrected chi connectivity index (χ2v) is 7.37. The molecule has 4 rings (SSSR count). The molecule has 0 aliphatic carbocycles. The number of hydrogen-bond acceptors (Lipinski definition) is 4. The normalized spacial score (nSPS) is 13.8. The number of carbonyl (C=O) groups is 1. The van der Waals surface area contributed by atoms with Gasteiger partial charge in [0, 0.05) is 39.2 Å². The Morgan fingerprint density at radius 1 is 1.21 bits per heavy atom. The van der Waals surface area contributed by atoms with E-state index in [1.54, 1.807) is 7.05 Å². The molecule has 146 valence electrons. The molecule has 3 heterocycles. The van der Waals surface area contributed by atoms with E-state index in [1.807, 2.05) is 17.0 Å². The zero-order valence-corrected chi connectivity index (χ0v) is 16.3. The van der Waals surface area contributed by atoms with Gasteiger partial charge in [-0.3, -0.25) is 18.7 Å². The van der Waals surface area contributed by atoms with Crippen molar-refractivity contribution in [1.82, 2.24) is 19.1 Å². The van der Waals surface area contributed by atoms with Crippen molar-refractivity contribution < 1.29 is 4.79 Å². The Morgan fingerprint density at radius 2 is 2.00 bits per heavy atom. The predicted octanol–water partition coefficient (Wildman–Crippen LogP) is 1.18. The molecule has 1 aromatic carbocycles. The Morgan fingerprint density at radius 3 is 2.79 bits per heavy atom. The lowest BCUT2D eigenvalue weighted by Gasteiger charge is -2.29. The summed E-state index contributed by atoms with van der Waals surface area (Å²) >= 11 is 0. The molecule has 1 aliphatic heterocycles. The van der Waals surface area contributed by atoms with Gasteiger partial charge in [-0.1, -0.05) is 17.7 Å². The third kappa shape index (κ3) is 2.94. The Labute approximate surface area is 161 Å². The predicted molar refractivity (Wildman–Crippen MR) is 107 cm³/mol. The van der Waals surface area contributed by atoms with Crippen molar-refractivity contribution in [3.05, 3.63) is 56.0 Å². The van der Waals surface area contributed by atoms with Gasteiger partial charge in [0.25, 0.3) is 5.56 Å². The van der Waals surface area contributed by atoms with Crippen LogP contribution in [0.3, 0.4) is 0 Å². The van der Waals surface area contributed by atoms with Crippen molar-refractivity contribution in [2.24, 2.45) is 14.1 Å². The van der Waals surface area contributed by atoms with Crippen LogP contribution in [0.15, 0.2) is 27.8 Å². The van der Waals surface area contributed by atoms with Gasteiger partial charge in [0.15, 0.2) is 5.65 Å². The van der Waals surface area contributed by atoms with Gasteiger partial charge in [-0.25, -0.2) is 9.78 Å². The maximum Gasteiger partial charge on any atom is 0.332 e. The number of imidazole rings is 1. The van der Waals surface area contributed by atoms with Gasteiger partial charge in [0.1, 0.15) is 11.3 Å². The summed E-state index contributed by atoms with van der Waals surface area (Å²) in [7, 11) is 3.01. The summed E-state index contributed by atoms with van der Waals surface area (Å²) in [5.41, 5.74) is 3.16. The zero-order chi connectivity index (χ0) is 20.0. The van der Waals surface area contributed by atoms with Crippen LogP contribution in [0.4, 0.5) is 5.69 Å². The van der Waals surface area contributed by atoms with Gasteiger partial charge in [0.2, 0.25) is 5.91 Å². The number of nitrogens with one attached hydrogen (secondary N) is 1. The second kappa shape index (κ2) is 6.78. The van der Waals surface area contributed by atoms with E-state index in [0.29, 0.717) is 24.4 Å². The molecule has 0 saturated heterocycles.